The lowest BCUT2D eigenvalue weighted by atomic mass is 10.1. The van der Waals surface area contributed by atoms with Crippen molar-refractivity contribution in [3.63, 3.8) is 0 Å². The van der Waals surface area contributed by atoms with Gasteiger partial charge in [0.05, 0.1) is 0 Å². The normalized spacial score (nSPS) is 15.3. The fraction of sp³-hybridized carbons (Fsp3) is 0.550. The molecule has 0 bridgehead atoms. The van der Waals surface area contributed by atoms with Crippen molar-refractivity contribution in [2.24, 2.45) is 4.99 Å². The van der Waals surface area contributed by atoms with Crippen molar-refractivity contribution >= 4 is 17.6 Å². The molecule has 1 aromatic heterocycles. The Morgan fingerprint density at radius 2 is 2.19 bits per heavy atom. The number of aromatic nitrogens is 3. The Morgan fingerprint density at radius 3 is 2.96 bits per heavy atom. The minimum atomic E-state index is 0.531. The van der Waals surface area contributed by atoms with E-state index >= 15 is 0 Å². The van der Waals surface area contributed by atoms with Crippen LogP contribution in [0.4, 0.5) is 0 Å². The minimum Gasteiger partial charge on any atom is -0.355 e. The molecule has 1 heterocycles. The molecular weight excluding hydrogens is 360 g/mol. The first-order valence-electron chi connectivity index (χ1n) is 9.90. The third kappa shape index (κ3) is 6.24. The maximum absolute atomic E-state index is 6.07. The molecule has 146 valence electrons. The predicted molar refractivity (Wildman–Crippen MR) is 110 cm³/mol. The highest BCUT2D eigenvalue weighted by Gasteiger charge is 2.16. The Labute approximate surface area is 166 Å². The fourth-order valence-corrected chi connectivity index (χ4v) is 3.65. The number of hydrogen-bond donors (Lipinski definition) is 2. The molecule has 0 amide bonds. The Bertz CT molecular complexity index is 736. The van der Waals surface area contributed by atoms with Crippen LogP contribution >= 0.6 is 11.6 Å². The number of guanidine groups is 1. The van der Waals surface area contributed by atoms with Gasteiger partial charge in [-0.15, -0.1) is 10.2 Å². The topological polar surface area (TPSA) is 67.1 Å². The van der Waals surface area contributed by atoms with E-state index in [1.54, 1.807) is 6.33 Å². The lowest BCUT2D eigenvalue weighted by molar-refractivity contribution is 0.593. The molecule has 1 fully saturated rings. The molecule has 0 radical (unpaired) electrons. The van der Waals surface area contributed by atoms with Gasteiger partial charge in [-0.25, -0.2) is 0 Å². The van der Waals surface area contributed by atoms with Gasteiger partial charge >= 0.3 is 0 Å². The van der Waals surface area contributed by atoms with Crippen LogP contribution in [-0.2, 0) is 19.4 Å². The van der Waals surface area contributed by atoms with Crippen LogP contribution in [0.15, 0.2) is 35.6 Å². The zero-order valence-electron chi connectivity index (χ0n) is 16.0. The van der Waals surface area contributed by atoms with Crippen molar-refractivity contribution in [3.05, 3.63) is 47.0 Å². The van der Waals surface area contributed by atoms with Crippen molar-refractivity contribution in [3.8, 4) is 0 Å². The van der Waals surface area contributed by atoms with Gasteiger partial charge < -0.3 is 15.2 Å². The molecule has 3 rings (SSSR count). The third-order valence-corrected chi connectivity index (χ3v) is 5.15. The first-order valence-corrected chi connectivity index (χ1v) is 10.3. The number of nitrogens with zero attached hydrogens (tertiary/aromatic N) is 4. The summed E-state index contributed by atoms with van der Waals surface area (Å²) in [5.74, 6) is 1.91. The summed E-state index contributed by atoms with van der Waals surface area (Å²) in [5.41, 5.74) is 1.21. The van der Waals surface area contributed by atoms with Crippen LogP contribution < -0.4 is 10.6 Å². The van der Waals surface area contributed by atoms with Crippen LogP contribution in [-0.4, -0.2) is 39.9 Å². The molecule has 6 nitrogen and oxygen atoms in total. The number of benzene rings is 1. The summed E-state index contributed by atoms with van der Waals surface area (Å²) in [6.07, 6.45) is 8.61. The maximum atomic E-state index is 6.07. The summed E-state index contributed by atoms with van der Waals surface area (Å²) in [6, 6.07) is 8.52. The summed E-state index contributed by atoms with van der Waals surface area (Å²) >= 11 is 6.07. The van der Waals surface area contributed by atoms with E-state index in [9.17, 15) is 0 Å². The van der Waals surface area contributed by atoms with Crippen LogP contribution in [0.5, 0.6) is 0 Å². The van der Waals surface area contributed by atoms with Gasteiger partial charge in [0.25, 0.3) is 0 Å². The zero-order valence-corrected chi connectivity index (χ0v) is 16.8. The zero-order chi connectivity index (χ0) is 18.9. The molecule has 7 heteroatoms. The smallest absolute Gasteiger partial charge is 0.191 e. The molecule has 0 aliphatic heterocycles. The summed E-state index contributed by atoms with van der Waals surface area (Å²) < 4.78 is 2.09. The molecule has 27 heavy (non-hydrogen) atoms. The number of aryl methyl sites for hydroxylation is 1. The number of halogens is 1. The van der Waals surface area contributed by atoms with Crippen molar-refractivity contribution < 1.29 is 0 Å². The van der Waals surface area contributed by atoms with E-state index in [2.05, 4.69) is 38.4 Å². The standard InChI is InChI=1S/C20H29ClN6/c1-2-19-26-24-15-27(19)13-12-23-20(25-18-8-3-4-9-18)22-11-10-16-6-5-7-17(21)14-16/h5-7,14-15,18H,2-4,8-13H2,1H3,(H2,22,23,25). The highest BCUT2D eigenvalue weighted by molar-refractivity contribution is 6.30. The third-order valence-electron chi connectivity index (χ3n) is 4.91. The Hall–Kier alpha value is -2.08. The van der Waals surface area contributed by atoms with E-state index < -0.39 is 0 Å². The van der Waals surface area contributed by atoms with Gasteiger partial charge in [-0.05, 0) is 37.0 Å². The second-order valence-electron chi connectivity index (χ2n) is 6.96. The van der Waals surface area contributed by atoms with Crippen molar-refractivity contribution in [1.29, 1.82) is 0 Å². The van der Waals surface area contributed by atoms with Crippen LogP contribution in [0.1, 0.15) is 44.0 Å². The maximum Gasteiger partial charge on any atom is 0.191 e. The van der Waals surface area contributed by atoms with Gasteiger partial charge in [0.15, 0.2) is 5.96 Å². The molecule has 2 aromatic rings. The van der Waals surface area contributed by atoms with Gasteiger partial charge in [-0.2, -0.15) is 0 Å². The SMILES string of the molecule is CCc1nncn1CCNC(=NCCc1cccc(Cl)c1)NC1CCCC1. The summed E-state index contributed by atoms with van der Waals surface area (Å²) in [7, 11) is 0. The summed E-state index contributed by atoms with van der Waals surface area (Å²) in [4.78, 5) is 4.78. The molecule has 0 spiro atoms. The molecular formula is C20H29ClN6. The molecule has 1 aliphatic carbocycles. The van der Waals surface area contributed by atoms with Crippen LogP contribution in [0, 0.1) is 0 Å². The average molecular weight is 389 g/mol. The molecule has 1 aliphatic rings. The molecule has 0 atom stereocenters. The van der Waals surface area contributed by atoms with Gasteiger partial charge in [-0.1, -0.05) is 43.5 Å². The largest absolute Gasteiger partial charge is 0.355 e. The van der Waals surface area contributed by atoms with Gasteiger partial charge in [0, 0.05) is 37.1 Å². The second-order valence-corrected chi connectivity index (χ2v) is 7.39. The first-order chi connectivity index (χ1) is 13.2. The van der Waals surface area contributed by atoms with Crippen molar-refractivity contribution in [1.82, 2.24) is 25.4 Å². The number of hydrogen-bond acceptors (Lipinski definition) is 3. The van der Waals surface area contributed by atoms with E-state index in [0.29, 0.717) is 6.04 Å². The molecule has 2 N–H and O–H groups in total. The quantitative estimate of drug-likeness (QED) is 0.538. The fourth-order valence-electron chi connectivity index (χ4n) is 3.44. The lowest BCUT2D eigenvalue weighted by Crippen LogP contribution is -2.43. The Morgan fingerprint density at radius 1 is 1.33 bits per heavy atom. The predicted octanol–water partition coefficient (Wildman–Crippen LogP) is 3.21. The van der Waals surface area contributed by atoms with Crippen LogP contribution in [0.2, 0.25) is 5.02 Å². The average Bonchev–Trinajstić information content (AvgIpc) is 3.33. The molecule has 0 unspecified atom stereocenters. The Balaban J connectivity index is 1.54. The highest BCUT2D eigenvalue weighted by Crippen LogP contribution is 2.17. The van der Waals surface area contributed by atoms with E-state index in [1.807, 2.05) is 18.2 Å². The van der Waals surface area contributed by atoms with Crippen LogP contribution in [0.3, 0.4) is 0 Å². The van der Waals surface area contributed by atoms with Gasteiger partial charge in [-0.3, -0.25) is 4.99 Å². The van der Waals surface area contributed by atoms with Crippen molar-refractivity contribution in [2.45, 2.75) is 58.0 Å². The highest BCUT2D eigenvalue weighted by atomic mass is 35.5. The van der Waals surface area contributed by atoms with Crippen molar-refractivity contribution in [2.75, 3.05) is 13.1 Å². The second kappa shape index (κ2) is 10.3. The van der Waals surface area contributed by atoms with E-state index in [1.165, 1.54) is 31.2 Å². The summed E-state index contributed by atoms with van der Waals surface area (Å²) in [6.45, 7) is 4.45. The molecule has 1 saturated carbocycles. The lowest BCUT2D eigenvalue weighted by Gasteiger charge is -2.18. The molecule has 1 aromatic carbocycles. The number of nitrogens with one attached hydrogen (secondary N) is 2. The monoisotopic (exact) mass is 388 g/mol. The van der Waals surface area contributed by atoms with E-state index in [0.717, 1.165) is 49.3 Å². The van der Waals surface area contributed by atoms with Gasteiger partial charge in [0.1, 0.15) is 12.2 Å². The van der Waals surface area contributed by atoms with E-state index in [-0.39, 0.29) is 0 Å². The van der Waals surface area contributed by atoms with E-state index in [4.69, 9.17) is 16.6 Å². The minimum absolute atomic E-state index is 0.531. The number of aliphatic imine (C=N–C) groups is 1. The number of rotatable bonds is 8. The first kappa shape index (κ1) is 19.7. The molecule has 0 saturated heterocycles. The van der Waals surface area contributed by atoms with Crippen LogP contribution in [0.25, 0.3) is 0 Å². The summed E-state index contributed by atoms with van der Waals surface area (Å²) in [5, 5.41) is 16.0. The Kier molecular flexibility index (Phi) is 7.51. The van der Waals surface area contributed by atoms with Gasteiger partial charge in [0.2, 0.25) is 0 Å².